The summed E-state index contributed by atoms with van der Waals surface area (Å²) >= 11 is 1.76. The molecule has 0 saturated carbocycles. The third kappa shape index (κ3) is 2.79. The molecule has 0 amide bonds. The standard InChI is InChI=1S/C18H15N5S/c19-9-12-5-7-13(8-6-12)10-22-23-17-16-14-3-1-2-4-15(14)24-18(16)21-11-20-17/h5-8,11H,1-4,10H2. The first-order valence-electron chi connectivity index (χ1n) is 7.97. The van der Waals surface area contributed by atoms with Crippen LogP contribution in [0, 0.1) is 11.3 Å². The van der Waals surface area contributed by atoms with Crippen LogP contribution >= 0.6 is 11.3 Å². The predicted molar refractivity (Wildman–Crippen MR) is 93.4 cm³/mol. The Morgan fingerprint density at radius 3 is 2.79 bits per heavy atom. The van der Waals surface area contributed by atoms with E-state index < -0.39 is 0 Å². The summed E-state index contributed by atoms with van der Waals surface area (Å²) in [6.45, 7) is 0.476. The van der Waals surface area contributed by atoms with Crippen molar-refractivity contribution >= 4 is 27.4 Å². The molecule has 3 aromatic rings. The minimum atomic E-state index is 0.476. The van der Waals surface area contributed by atoms with Gasteiger partial charge in [-0.1, -0.05) is 12.1 Å². The van der Waals surface area contributed by atoms with Gasteiger partial charge in [-0.3, -0.25) is 0 Å². The molecule has 0 spiro atoms. The molecule has 0 atom stereocenters. The van der Waals surface area contributed by atoms with E-state index in [1.165, 1.54) is 23.3 Å². The number of thiophene rings is 1. The molecule has 5 nitrogen and oxygen atoms in total. The smallest absolute Gasteiger partial charge is 0.186 e. The summed E-state index contributed by atoms with van der Waals surface area (Å²) in [6.07, 6.45) is 6.26. The quantitative estimate of drug-likeness (QED) is 0.650. The Balaban J connectivity index is 1.62. The van der Waals surface area contributed by atoms with E-state index in [0.29, 0.717) is 17.9 Å². The highest BCUT2D eigenvalue weighted by molar-refractivity contribution is 7.18. The average Bonchev–Trinajstić information content (AvgIpc) is 3.02. The number of fused-ring (bicyclic) bond motifs is 3. The highest BCUT2D eigenvalue weighted by Crippen LogP contribution is 2.39. The van der Waals surface area contributed by atoms with E-state index in [0.717, 1.165) is 28.6 Å². The van der Waals surface area contributed by atoms with Gasteiger partial charge in [-0.25, -0.2) is 9.97 Å². The molecule has 4 rings (SSSR count). The fourth-order valence-electron chi connectivity index (χ4n) is 3.02. The van der Waals surface area contributed by atoms with Crippen molar-refractivity contribution in [1.82, 2.24) is 9.97 Å². The Morgan fingerprint density at radius 1 is 1.12 bits per heavy atom. The first kappa shape index (κ1) is 14.9. The molecule has 0 fully saturated rings. The van der Waals surface area contributed by atoms with Crippen LogP contribution in [0.2, 0.25) is 0 Å². The highest BCUT2D eigenvalue weighted by atomic mass is 32.1. The zero-order valence-electron chi connectivity index (χ0n) is 13.1. The lowest BCUT2D eigenvalue weighted by Gasteiger charge is -2.10. The zero-order valence-corrected chi connectivity index (χ0v) is 13.9. The van der Waals surface area contributed by atoms with Gasteiger partial charge in [0, 0.05) is 4.88 Å². The first-order valence-corrected chi connectivity index (χ1v) is 8.78. The average molecular weight is 333 g/mol. The Bertz CT molecular complexity index is 950. The van der Waals surface area contributed by atoms with Crippen LogP contribution in [-0.4, -0.2) is 9.97 Å². The number of azo groups is 1. The van der Waals surface area contributed by atoms with Gasteiger partial charge in [0.1, 0.15) is 11.2 Å². The number of aromatic nitrogens is 2. The maximum absolute atomic E-state index is 8.83. The Labute approximate surface area is 143 Å². The molecule has 2 aromatic heterocycles. The molecule has 0 bridgehead atoms. The molecule has 118 valence electrons. The molecule has 0 aliphatic heterocycles. The summed E-state index contributed by atoms with van der Waals surface area (Å²) in [7, 11) is 0. The molecule has 0 N–H and O–H groups in total. The highest BCUT2D eigenvalue weighted by Gasteiger charge is 2.19. The second-order valence-electron chi connectivity index (χ2n) is 5.80. The van der Waals surface area contributed by atoms with Gasteiger partial charge in [-0.15, -0.1) is 16.5 Å². The van der Waals surface area contributed by atoms with Gasteiger partial charge in [0.05, 0.1) is 23.6 Å². The third-order valence-corrected chi connectivity index (χ3v) is 5.43. The van der Waals surface area contributed by atoms with Gasteiger partial charge in [0.25, 0.3) is 0 Å². The summed E-state index contributed by atoms with van der Waals surface area (Å²) < 4.78 is 0. The van der Waals surface area contributed by atoms with Crippen LogP contribution < -0.4 is 0 Å². The Hall–Kier alpha value is -2.65. The van der Waals surface area contributed by atoms with Crippen LogP contribution in [0.4, 0.5) is 5.82 Å². The minimum Gasteiger partial charge on any atom is -0.225 e. The molecule has 1 aliphatic carbocycles. The van der Waals surface area contributed by atoms with Crippen LogP contribution in [0.3, 0.4) is 0 Å². The molecule has 0 radical (unpaired) electrons. The molecule has 6 heteroatoms. The Morgan fingerprint density at radius 2 is 1.96 bits per heavy atom. The van der Waals surface area contributed by atoms with E-state index in [2.05, 4.69) is 26.3 Å². The third-order valence-electron chi connectivity index (χ3n) is 4.23. The number of hydrogen-bond donors (Lipinski definition) is 0. The van der Waals surface area contributed by atoms with Gasteiger partial charge in [0.2, 0.25) is 0 Å². The van der Waals surface area contributed by atoms with Gasteiger partial charge in [-0.05, 0) is 48.9 Å². The van der Waals surface area contributed by atoms with Crippen molar-refractivity contribution in [2.45, 2.75) is 32.2 Å². The van der Waals surface area contributed by atoms with E-state index in [4.69, 9.17) is 5.26 Å². The molecule has 1 aromatic carbocycles. The number of hydrogen-bond acceptors (Lipinski definition) is 6. The lowest BCUT2D eigenvalue weighted by Crippen LogP contribution is -1.98. The second-order valence-corrected chi connectivity index (χ2v) is 6.88. The molecule has 24 heavy (non-hydrogen) atoms. The maximum Gasteiger partial charge on any atom is 0.186 e. The summed E-state index contributed by atoms with van der Waals surface area (Å²) in [5.74, 6) is 0.674. The van der Waals surface area contributed by atoms with Crippen molar-refractivity contribution < 1.29 is 0 Å². The van der Waals surface area contributed by atoms with Gasteiger partial charge in [0.15, 0.2) is 5.82 Å². The van der Waals surface area contributed by atoms with Crippen molar-refractivity contribution in [3.63, 3.8) is 0 Å². The normalized spacial score (nSPS) is 14.0. The molecular formula is C18H15N5S. The number of benzene rings is 1. The lowest BCUT2D eigenvalue weighted by molar-refractivity contribution is 0.700. The monoisotopic (exact) mass is 333 g/mol. The summed E-state index contributed by atoms with van der Waals surface area (Å²) in [5, 5.41) is 18.6. The Kier molecular flexibility index (Phi) is 4.01. The van der Waals surface area contributed by atoms with Crippen LogP contribution in [0.5, 0.6) is 0 Å². The van der Waals surface area contributed by atoms with Crippen molar-refractivity contribution in [3.05, 3.63) is 52.2 Å². The van der Waals surface area contributed by atoms with Gasteiger partial charge < -0.3 is 0 Å². The number of rotatable bonds is 3. The summed E-state index contributed by atoms with van der Waals surface area (Å²) in [6, 6.07) is 9.51. The van der Waals surface area contributed by atoms with E-state index in [9.17, 15) is 0 Å². The predicted octanol–water partition coefficient (Wildman–Crippen LogP) is 4.73. The van der Waals surface area contributed by atoms with Crippen molar-refractivity contribution in [3.8, 4) is 6.07 Å². The fourth-order valence-corrected chi connectivity index (χ4v) is 4.24. The maximum atomic E-state index is 8.83. The number of aryl methyl sites for hydroxylation is 2. The van der Waals surface area contributed by atoms with E-state index in [1.807, 2.05) is 12.1 Å². The molecule has 0 saturated heterocycles. The van der Waals surface area contributed by atoms with E-state index in [-0.39, 0.29) is 0 Å². The van der Waals surface area contributed by atoms with Crippen LogP contribution in [0.15, 0.2) is 40.8 Å². The van der Waals surface area contributed by atoms with Crippen molar-refractivity contribution in [2.24, 2.45) is 10.2 Å². The molecule has 1 aliphatic rings. The van der Waals surface area contributed by atoms with Crippen molar-refractivity contribution in [2.75, 3.05) is 0 Å². The van der Waals surface area contributed by atoms with Crippen LogP contribution in [0.1, 0.15) is 34.4 Å². The SMILES string of the molecule is N#Cc1ccc(CN=Nc2ncnc3sc4c(c23)CCCC4)cc1. The molecule has 0 unspecified atom stereocenters. The summed E-state index contributed by atoms with van der Waals surface area (Å²) in [5.41, 5.74) is 3.04. The number of nitrogens with zero attached hydrogens (tertiary/aromatic N) is 5. The van der Waals surface area contributed by atoms with Crippen molar-refractivity contribution in [1.29, 1.82) is 5.26 Å². The fraction of sp³-hybridized carbons (Fsp3) is 0.278. The van der Waals surface area contributed by atoms with Gasteiger partial charge >= 0.3 is 0 Å². The van der Waals surface area contributed by atoms with Crippen LogP contribution in [-0.2, 0) is 19.4 Å². The topological polar surface area (TPSA) is 74.3 Å². The summed E-state index contributed by atoms with van der Waals surface area (Å²) in [4.78, 5) is 11.2. The number of nitriles is 1. The minimum absolute atomic E-state index is 0.476. The largest absolute Gasteiger partial charge is 0.225 e. The van der Waals surface area contributed by atoms with Crippen LogP contribution in [0.25, 0.3) is 10.2 Å². The van der Waals surface area contributed by atoms with E-state index >= 15 is 0 Å². The first-order chi connectivity index (χ1) is 11.8. The lowest BCUT2D eigenvalue weighted by atomic mass is 9.97. The van der Waals surface area contributed by atoms with Gasteiger partial charge in [-0.2, -0.15) is 10.4 Å². The molecule has 2 heterocycles. The van der Waals surface area contributed by atoms with E-state index in [1.54, 1.807) is 29.8 Å². The zero-order chi connectivity index (χ0) is 16.4. The second kappa shape index (κ2) is 6.46. The molecular weight excluding hydrogens is 318 g/mol.